The smallest absolute Gasteiger partial charge is 0.243 e. The van der Waals surface area contributed by atoms with Crippen molar-refractivity contribution in [1.29, 1.82) is 0 Å². The van der Waals surface area contributed by atoms with E-state index in [-0.39, 0.29) is 17.4 Å². The Morgan fingerprint density at radius 3 is 2.47 bits per heavy atom. The van der Waals surface area contributed by atoms with Crippen molar-refractivity contribution < 1.29 is 8.78 Å². The lowest BCUT2D eigenvalue weighted by atomic mass is 9.44. The van der Waals surface area contributed by atoms with Crippen LogP contribution in [0.25, 0.3) is 0 Å². The highest BCUT2D eigenvalue weighted by molar-refractivity contribution is 5.08. The van der Waals surface area contributed by atoms with E-state index < -0.39 is 12.3 Å². The molecule has 0 aromatic carbocycles. The van der Waals surface area contributed by atoms with Gasteiger partial charge in [0.1, 0.15) is 0 Å². The third kappa shape index (κ3) is 1.59. The SMILES string of the molecule is CCNC1CC2CC(C1C(F)F)C2(C)C. The van der Waals surface area contributed by atoms with Gasteiger partial charge in [-0.25, -0.2) is 8.78 Å². The van der Waals surface area contributed by atoms with Crippen molar-refractivity contribution in [2.45, 2.75) is 46.1 Å². The van der Waals surface area contributed by atoms with Crippen LogP contribution >= 0.6 is 0 Å². The molecule has 0 aromatic rings. The number of nitrogens with one attached hydrogen (secondary N) is 1. The van der Waals surface area contributed by atoms with Crippen molar-refractivity contribution in [3.05, 3.63) is 0 Å². The van der Waals surface area contributed by atoms with Crippen LogP contribution in [-0.4, -0.2) is 19.0 Å². The van der Waals surface area contributed by atoms with Gasteiger partial charge < -0.3 is 5.32 Å². The van der Waals surface area contributed by atoms with E-state index in [1.165, 1.54) is 0 Å². The first-order valence-electron chi connectivity index (χ1n) is 6.00. The Kier molecular flexibility index (Phi) is 2.78. The first kappa shape index (κ1) is 11.3. The summed E-state index contributed by atoms with van der Waals surface area (Å²) in [6.45, 7) is 7.11. The van der Waals surface area contributed by atoms with E-state index in [4.69, 9.17) is 0 Å². The van der Waals surface area contributed by atoms with E-state index in [0.29, 0.717) is 5.92 Å². The molecule has 0 radical (unpaired) electrons. The molecule has 0 spiro atoms. The summed E-state index contributed by atoms with van der Waals surface area (Å²) >= 11 is 0. The zero-order chi connectivity index (χ0) is 11.2. The molecule has 0 aliphatic heterocycles. The van der Waals surface area contributed by atoms with Gasteiger partial charge in [-0.2, -0.15) is 0 Å². The molecule has 4 atom stereocenters. The average molecular weight is 217 g/mol. The molecule has 15 heavy (non-hydrogen) atoms. The van der Waals surface area contributed by atoms with Crippen LogP contribution in [0.4, 0.5) is 8.78 Å². The highest BCUT2D eigenvalue weighted by atomic mass is 19.3. The van der Waals surface area contributed by atoms with Gasteiger partial charge >= 0.3 is 0 Å². The Morgan fingerprint density at radius 2 is 2.00 bits per heavy atom. The predicted octanol–water partition coefficient (Wildman–Crippen LogP) is 2.91. The first-order valence-corrected chi connectivity index (χ1v) is 6.00. The molecule has 0 heterocycles. The molecule has 0 amide bonds. The van der Waals surface area contributed by atoms with Crippen molar-refractivity contribution in [2.24, 2.45) is 23.2 Å². The van der Waals surface area contributed by atoms with Gasteiger partial charge in [0.15, 0.2) is 0 Å². The second-order valence-electron chi connectivity index (χ2n) is 5.67. The van der Waals surface area contributed by atoms with Crippen LogP contribution in [0.3, 0.4) is 0 Å². The highest BCUT2D eigenvalue weighted by Gasteiger charge is 2.59. The maximum absolute atomic E-state index is 13.1. The molecule has 3 aliphatic rings. The summed E-state index contributed by atoms with van der Waals surface area (Å²) in [6.07, 6.45) is -0.212. The summed E-state index contributed by atoms with van der Waals surface area (Å²) in [5.74, 6) is 0.451. The topological polar surface area (TPSA) is 12.0 Å². The number of halogens is 2. The number of rotatable bonds is 3. The summed E-state index contributed by atoms with van der Waals surface area (Å²) in [7, 11) is 0. The van der Waals surface area contributed by atoms with Gasteiger partial charge in [-0.3, -0.25) is 0 Å². The number of fused-ring (bicyclic) bond motifs is 2. The van der Waals surface area contributed by atoms with Crippen LogP contribution in [-0.2, 0) is 0 Å². The molecule has 88 valence electrons. The summed E-state index contributed by atoms with van der Waals surface area (Å²) in [4.78, 5) is 0. The first-order chi connectivity index (χ1) is 6.98. The molecule has 2 bridgehead atoms. The van der Waals surface area contributed by atoms with Crippen LogP contribution in [0.15, 0.2) is 0 Å². The predicted molar refractivity (Wildman–Crippen MR) is 57.0 cm³/mol. The Balaban J connectivity index is 2.13. The van der Waals surface area contributed by atoms with Gasteiger partial charge in [0.25, 0.3) is 0 Å². The fourth-order valence-corrected chi connectivity index (χ4v) is 3.69. The van der Waals surface area contributed by atoms with E-state index in [1.54, 1.807) is 0 Å². The second kappa shape index (κ2) is 3.69. The maximum Gasteiger partial charge on any atom is 0.243 e. The molecule has 3 heteroatoms. The highest BCUT2D eigenvalue weighted by Crippen LogP contribution is 2.62. The minimum atomic E-state index is -2.17. The lowest BCUT2D eigenvalue weighted by Crippen LogP contribution is -2.62. The average Bonchev–Trinajstić information content (AvgIpc) is 2.17. The van der Waals surface area contributed by atoms with E-state index in [0.717, 1.165) is 19.4 Å². The summed E-state index contributed by atoms with van der Waals surface area (Å²) in [5, 5.41) is 3.23. The number of hydrogen-bond donors (Lipinski definition) is 1. The summed E-state index contributed by atoms with van der Waals surface area (Å²) < 4.78 is 26.1. The molecule has 3 rings (SSSR count). The van der Waals surface area contributed by atoms with Crippen LogP contribution in [0.5, 0.6) is 0 Å². The summed E-state index contributed by atoms with van der Waals surface area (Å²) in [5.41, 5.74) is 0.146. The van der Waals surface area contributed by atoms with Crippen molar-refractivity contribution in [2.75, 3.05) is 6.54 Å². The van der Waals surface area contributed by atoms with Gasteiger partial charge in [0.05, 0.1) is 0 Å². The van der Waals surface area contributed by atoms with E-state index in [1.807, 2.05) is 6.92 Å². The Hall–Kier alpha value is -0.180. The van der Waals surface area contributed by atoms with Crippen LogP contribution in [0.2, 0.25) is 0 Å². The monoisotopic (exact) mass is 217 g/mol. The van der Waals surface area contributed by atoms with Crippen molar-refractivity contribution in [3.63, 3.8) is 0 Å². The van der Waals surface area contributed by atoms with Gasteiger partial charge in [-0.1, -0.05) is 20.8 Å². The minimum Gasteiger partial charge on any atom is -0.314 e. The summed E-state index contributed by atoms with van der Waals surface area (Å²) in [6, 6.07) is 0.0479. The fraction of sp³-hybridized carbons (Fsp3) is 1.00. The molecular formula is C12H21F2N. The fourth-order valence-electron chi connectivity index (χ4n) is 3.69. The van der Waals surface area contributed by atoms with Crippen molar-refractivity contribution >= 4 is 0 Å². The van der Waals surface area contributed by atoms with Crippen molar-refractivity contribution in [3.8, 4) is 0 Å². The minimum absolute atomic E-state index is 0.0479. The third-order valence-corrected chi connectivity index (χ3v) is 4.77. The molecular weight excluding hydrogens is 196 g/mol. The Bertz CT molecular complexity index is 240. The number of hydrogen-bond acceptors (Lipinski definition) is 1. The molecule has 0 saturated heterocycles. The van der Waals surface area contributed by atoms with Gasteiger partial charge in [-0.05, 0) is 36.6 Å². The van der Waals surface area contributed by atoms with Crippen LogP contribution < -0.4 is 5.32 Å². The van der Waals surface area contributed by atoms with Crippen LogP contribution in [0, 0.1) is 23.2 Å². The maximum atomic E-state index is 13.1. The molecule has 3 fully saturated rings. The van der Waals surface area contributed by atoms with Gasteiger partial charge in [0, 0.05) is 12.0 Å². The molecule has 3 aliphatic carbocycles. The molecule has 0 aromatic heterocycles. The standard InChI is InChI=1S/C12H21F2N/c1-4-15-9-6-7-5-8(12(7,2)3)10(9)11(13)14/h7-11,15H,4-6H2,1-3H3. The third-order valence-electron chi connectivity index (χ3n) is 4.77. The van der Waals surface area contributed by atoms with E-state index in [2.05, 4.69) is 19.2 Å². The normalized spacial score (nSPS) is 42.8. The Morgan fingerprint density at radius 1 is 1.33 bits per heavy atom. The lowest BCUT2D eigenvalue weighted by molar-refractivity contribution is -0.160. The zero-order valence-corrected chi connectivity index (χ0v) is 9.76. The lowest BCUT2D eigenvalue weighted by Gasteiger charge is -2.62. The molecule has 3 saturated carbocycles. The zero-order valence-electron chi connectivity index (χ0n) is 9.76. The van der Waals surface area contributed by atoms with Gasteiger partial charge in [0.2, 0.25) is 6.43 Å². The largest absolute Gasteiger partial charge is 0.314 e. The Labute approximate surface area is 90.6 Å². The van der Waals surface area contributed by atoms with Crippen molar-refractivity contribution in [1.82, 2.24) is 5.32 Å². The quantitative estimate of drug-likeness (QED) is 0.766. The molecule has 1 N–H and O–H groups in total. The van der Waals surface area contributed by atoms with E-state index >= 15 is 0 Å². The second-order valence-corrected chi connectivity index (χ2v) is 5.67. The molecule has 1 nitrogen and oxygen atoms in total. The molecule has 4 unspecified atom stereocenters. The van der Waals surface area contributed by atoms with E-state index in [9.17, 15) is 8.78 Å². The van der Waals surface area contributed by atoms with Crippen LogP contribution in [0.1, 0.15) is 33.6 Å². The van der Waals surface area contributed by atoms with Gasteiger partial charge in [-0.15, -0.1) is 0 Å². The number of alkyl halides is 2.